The maximum Gasteiger partial charge on any atom is 0.407 e. The van der Waals surface area contributed by atoms with Crippen LogP contribution < -0.4 is 10.2 Å². The van der Waals surface area contributed by atoms with E-state index in [1.165, 1.54) is 11.6 Å². The molecule has 3 aromatic rings. The average Bonchev–Trinajstić information content (AvgIpc) is 3.58. The van der Waals surface area contributed by atoms with Gasteiger partial charge in [-0.15, -0.1) is 0 Å². The number of para-hydroxylation sites is 2. The molecule has 0 spiro atoms. The number of imidazole rings is 1. The molecule has 1 aliphatic carbocycles. The monoisotopic (exact) mass is 584 g/mol. The van der Waals surface area contributed by atoms with Gasteiger partial charge in [-0.05, 0) is 44.2 Å². The van der Waals surface area contributed by atoms with Crippen LogP contribution in [0, 0.1) is 0 Å². The molecule has 42 heavy (non-hydrogen) atoms. The average molecular weight is 585 g/mol. The van der Waals surface area contributed by atoms with Crippen molar-refractivity contribution in [1.29, 1.82) is 0 Å². The zero-order valence-electron chi connectivity index (χ0n) is 23.3. The summed E-state index contributed by atoms with van der Waals surface area (Å²) in [5.74, 6) is 0.758. The minimum absolute atomic E-state index is 0.0262. The van der Waals surface area contributed by atoms with Crippen molar-refractivity contribution in [2.75, 3.05) is 50.1 Å². The molecule has 1 saturated carbocycles. The summed E-state index contributed by atoms with van der Waals surface area (Å²) in [7, 11) is 1.44. The molecule has 0 bridgehead atoms. The van der Waals surface area contributed by atoms with Crippen molar-refractivity contribution in [3.63, 3.8) is 0 Å². The number of ether oxygens (including phenoxy) is 1. The Kier molecular flexibility index (Phi) is 7.80. The first-order valence-electron chi connectivity index (χ1n) is 14.3. The van der Waals surface area contributed by atoms with Crippen molar-refractivity contribution in [3.8, 4) is 5.82 Å². The number of morpholine rings is 1. The molecule has 3 aliphatic rings. The molecule has 6 rings (SSSR count). The van der Waals surface area contributed by atoms with Crippen LogP contribution in [0.1, 0.15) is 44.4 Å². The van der Waals surface area contributed by atoms with E-state index in [2.05, 4.69) is 15.2 Å². The van der Waals surface area contributed by atoms with Crippen molar-refractivity contribution in [1.82, 2.24) is 29.3 Å². The normalized spacial score (nSPS) is 23.1. The number of benzene rings is 1. The number of fused-ring (bicyclic) bond motifs is 1. The molecule has 4 heterocycles. The van der Waals surface area contributed by atoms with Gasteiger partial charge in [0.25, 0.3) is 6.43 Å². The molecule has 2 amide bonds. The highest BCUT2D eigenvalue weighted by Gasteiger charge is 2.40. The molecule has 2 aliphatic heterocycles. The van der Waals surface area contributed by atoms with E-state index in [1.54, 1.807) is 30.3 Å². The third-order valence-corrected chi connectivity index (χ3v) is 8.50. The summed E-state index contributed by atoms with van der Waals surface area (Å²) in [5, 5.41) is 12.7. The second-order valence-electron chi connectivity index (χ2n) is 11.0. The van der Waals surface area contributed by atoms with Gasteiger partial charge in [0.05, 0.1) is 24.2 Å². The van der Waals surface area contributed by atoms with Gasteiger partial charge in [-0.25, -0.2) is 18.6 Å². The van der Waals surface area contributed by atoms with E-state index in [-0.39, 0.29) is 23.8 Å². The molecule has 2 saturated heterocycles. The highest BCUT2D eigenvalue weighted by atomic mass is 19.3. The zero-order valence-corrected chi connectivity index (χ0v) is 23.3. The Morgan fingerprint density at radius 1 is 1.05 bits per heavy atom. The number of aromatic nitrogens is 4. The fourth-order valence-corrected chi connectivity index (χ4v) is 6.24. The van der Waals surface area contributed by atoms with Crippen LogP contribution in [-0.4, -0.2) is 104 Å². The summed E-state index contributed by atoms with van der Waals surface area (Å²) in [6.07, 6.45) is -0.390. The number of nitrogens with one attached hydrogen (secondary N) is 1. The van der Waals surface area contributed by atoms with E-state index in [9.17, 15) is 23.5 Å². The lowest BCUT2D eigenvalue weighted by Gasteiger charge is -2.35. The molecule has 1 atom stereocenters. The Morgan fingerprint density at radius 3 is 2.48 bits per heavy atom. The first-order chi connectivity index (χ1) is 20.3. The molecule has 3 fully saturated rings. The van der Waals surface area contributed by atoms with E-state index in [1.807, 2.05) is 4.90 Å². The highest BCUT2D eigenvalue weighted by Crippen LogP contribution is 2.32. The number of hydrogen-bond acceptors (Lipinski definition) is 8. The predicted molar refractivity (Wildman–Crippen MR) is 150 cm³/mol. The number of carbonyl (C=O) groups is 2. The molecule has 0 radical (unpaired) electrons. The number of rotatable bonds is 7. The predicted octanol–water partition coefficient (Wildman–Crippen LogP) is 3.52. The first kappa shape index (κ1) is 28.1. The van der Waals surface area contributed by atoms with Crippen LogP contribution in [-0.2, 0) is 9.53 Å². The van der Waals surface area contributed by atoms with Gasteiger partial charge in [-0.3, -0.25) is 14.3 Å². The SMILES string of the molecule is CN(C(=O)O)[C@H]1CCN(C2CCC(Nc3nc(N4CCOCC4)cc(-n4c(C(F)F)nc5ccccc54)n3)CC2)C1=O. The number of nitrogens with zero attached hydrogens (tertiary/aromatic N) is 7. The summed E-state index contributed by atoms with van der Waals surface area (Å²) >= 11 is 0. The van der Waals surface area contributed by atoms with Crippen molar-refractivity contribution < 1.29 is 28.2 Å². The molecule has 2 N–H and O–H groups in total. The summed E-state index contributed by atoms with van der Waals surface area (Å²) in [6.45, 7) is 2.87. The first-order valence-corrected chi connectivity index (χ1v) is 14.3. The third kappa shape index (κ3) is 5.42. The maximum atomic E-state index is 14.2. The quantitative estimate of drug-likeness (QED) is 0.429. The van der Waals surface area contributed by atoms with E-state index in [0.29, 0.717) is 67.9 Å². The number of alkyl halides is 2. The molecule has 1 aromatic carbocycles. The Morgan fingerprint density at radius 2 is 1.76 bits per heavy atom. The van der Waals surface area contributed by atoms with Crippen LogP contribution in [0.25, 0.3) is 16.9 Å². The number of carbonyl (C=O) groups excluding carboxylic acids is 1. The fourth-order valence-electron chi connectivity index (χ4n) is 6.24. The minimum Gasteiger partial charge on any atom is -0.465 e. The molecular formula is C28H34F2N8O4. The van der Waals surface area contributed by atoms with Crippen molar-refractivity contribution in [3.05, 3.63) is 36.2 Å². The topological polar surface area (TPSA) is 129 Å². The summed E-state index contributed by atoms with van der Waals surface area (Å²) < 4.78 is 35.2. The van der Waals surface area contributed by atoms with Crippen LogP contribution >= 0.6 is 0 Å². The number of likely N-dealkylation sites (tertiary alicyclic amines) is 1. The summed E-state index contributed by atoms with van der Waals surface area (Å²) in [5.41, 5.74) is 0.994. The summed E-state index contributed by atoms with van der Waals surface area (Å²) in [4.78, 5) is 42.9. The van der Waals surface area contributed by atoms with Crippen LogP contribution in [0.15, 0.2) is 30.3 Å². The van der Waals surface area contributed by atoms with E-state index < -0.39 is 18.6 Å². The second-order valence-corrected chi connectivity index (χ2v) is 11.0. The van der Waals surface area contributed by atoms with Gasteiger partial charge >= 0.3 is 6.09 Å². The van der Waals surface area contributed by atoms with Crippen molar-refractivity contribution in [2.24, 2.45) is 0 Å². The Bertz CT molecular complexity index is 1450. The van der Waals surface area contributed by atoms with Gasteiger partial charge in [0.15, 0.2) is 5.82 Å². The highest BCUT2D eigenvalue weighted by molar-refractivity contribution is 5.87. The van der Waals surface area contributed by atoms with Crippen LogP contribution in [0.4, 0.5) is 25.3 Å². The molecular weight excluding hydrogens is 550 g/mol. The van der Waals surface area contributed by atoms with Crippen LogP contribution in [0.2, 0.25) is 0 Å². The van der Waals surface area contributed by atoms with Gasteiger partial charge in [-0.1, -0.05) is 12.1 Å². The third-order valence-electron chi connectivity index (χ3n) is 8.50. The molecule has 224 valence electrons. The molecule has 0 unspecified atom stereocenters. The van der Waals surface area contributed by atoms with Gasteiger partial charge in [-0.2, -0.15) is 9.97 Å². The number of carboxylic acid groups (broad SMARTS) is 1. The Labute approximate surface area is 241 Å². The minimum atomic E-state index is -2.80. The fraction of sp³-hybridized carbons (Fsp3) is 0.536. The van der Waals surface area contributed by atoms with Gasteiger partial charge in [0.2, 0.25) is 11.9 Å². The van der Waals surface area contributed by atoms with E-state index in [0.717, 1.165) is 30.6 Å². The molecule has 12 nitrogen and oxygen atoms in total. The van der Waals surface area contributed by atoms with Gasteiger partial charge < -0.3 is 25.0 Å². The van der Waals surface area contributed by atoms with Crippen molar-refractivity contribution in [2.45, 2.75) is 56.7 Å². The standard InChI is InChI=1S/C28H34F2N8O4/c1-35(28(40)41)21-10-11-37(26(21)39)18-8-6-17(7-9-18)31-27-33-22(36-12-14-42-15-13-36)16-23(34-27)38-20-5-3-2-4-19(20)32-25(38)24(29)30/h2-5,16-18,21,24H,6-15H2,1H3,(H,40,41)(H,31,33,34)/t17?,18?,21-/m0/s1. The van der Waals surface area contributed by atoms with E-state index in [4.69, 9.17) is 14.7 Å². The largest absolute Gasteiger partial charge is 0.465 e. The van der Waals surface area contributed by atoms with Gasteiger partial charge in [0, 0.05) is 44.8 Å². The lowest BCUT2D eigenvalue weighted by Crippen LogP contribution is -2.46. The smallest absolute Gasteiger partial charge is 0.407 e. The van der Waals surface area contributed by atoms with Crippen LogP contribution in [0.5, 0.6) is 0 Å². The number of hydrogen-bond donors (Lipinski definition) is 2. The number of likely N-dealkylation sites (N-methyl/N-ethyl adjacent to an activating group) is 1. The molecule has 14 heteroatoms. The van der Waals surface area contributed by atoms with Crippen molar-refractivity contribution >= 4 is 34.8 Å². The number of halogens is 2. The van der Waals surface area contributed by atoms with Gasteiger partial charge in [0.1, 0.15) is 17.7 Å². The Balaban J connectivity index is 1.23. The van der Waals surface area contributed by atoms with Crippen LogP contribution in [0.3, 0.4) is 0 Å². The maximum absolute atomic E-state index is 14.2. The lowest BCUT2D eigenvalue weighted by molar-refractivity contribution is -0.133. The van der Waals surface area contributed by atoms with E-state index >= 15 is 0 Å². The lowest BCUT2D eigenvalue weighted by atomic mass is 9.90. The summed E-state index contributed by atoms with van der Waals surface area (Å²) in [6, 6.07) is 8.15. The number of anilines is 2. The number of amides is 2. The molecule has 2 aromatic heterocycles. The Hall–Kier alpha value is -4.07. The second kappa shape index (κ2) is 11.7. The zero-order chi connectivity index (χ0) is 29.4.